The van der Waals surface area contributed by atoms with Crippen LogP contribution in [-0.4, -0.2) is 24.2 Å². The van der Waals surface area contributed by atoms with Crippen LogP contribution in [-0.2, 0) is 6.61 Å². The molecule has 0 aliphatic rings. The first-order valence-corrected chi connectivity index (χ1v) is 9.41. The minimum absolute atomic E-state index is 0.0423. The zero-order chi connectivity index (χ0) is 22.2. The third kappa shape index (κ3) is 5.66. The molecule has 3 rings (SSSR count). The Morgan fingerprint density at radius 2 is 1.90 bits per heavy atom. The van der Waals surface area contributed by atoms with Crippen LogP contribution in [0.4, 0.5) is 5.69 Å². The Labute approximate surface area is 179 Å². The summed E-state index contributed by atoms with van der Waals surface area (Å²) >= 11 is 0. The van der Waals surface area contributed by atoms with Gasteiger partial charge in [-0.15, -0.1) is 0 Å². The van der Waals surface area contributed by atoms with Gasteiger partial charge in [-0.1, -0.05) is 18.2 Å². The van der Waals surface area contributed by atoms with E-state index in [1.165, 1.54) is 12.3 Å². The minimum Gasteiger partial charge on any atom is -0.496 e. The van der Waals surface area contributed by atoms with Crippen molar-refractivity contribution in [3.8, 4) is 11.5 Å². The maximum absolute atomic E-state index is 12.0. The molecule has 158 valence electrons. The van der Waals surface area contributed by atoms with E-state index in [0.29, 0.717) is 22.6 Å². The second-order valence-electron chi connectivity index (χ2n) is 6.63. The molecule has 0 saturated heterocycles. The maximum atomic E-state index is 12.0. The first-order chi connectivity index (χ1) is 15.0. The highest BCUT2D eigenvalue weighted by Crippen LogP contribution is 2.25. The Hall–Kier alpha value is -4.20. The number of hydrogen-bond acceptors (Lipinski definition) is 6. The van der Waals surface area contributed by atoms with Gasteiger partial charge in [0.1, 0.15) is 18.1 Å². The Morgan fingerprint density at radius 1 is 1.13 bits per heavy atom. The van der Waals surface area contributed by atoms with Gasteiger partial charge in [-0.25, -0.2) is 5.43 Å². The second kappa shape index (κ2) is 10.0. The molecule has 0 radical (unpaired) electrons. The van der Waals surface area contributed by atoms with Gasteiger partial charge in [0.2, 0.25) is 0 Å². The number of nitrogens with zero attached hydrogens (tertiary/aromatic N) is 2. The number of aryl methyl sites for hydroxylation is 1. The number of amides is 1. The third-order valence-corrected chi connectivity index (χ3v) is 4.48. The van der Waals surface area contributed by atoms with Crippen LogP contribution in [0.5, 0.6) is 11.5 Å². The lowest BCUT2D eigenvalue weighted by Crippen LogP contribution is -2.17. The molecule has 0 aliphatic heterocycles. The minimum atomic E-state index is -0.429. The average molecular weight is 419 g/mol. The molecule has 3 aromatic carbocycles. The lowest BCUT2D eigenvalue weighted by Gasteiger charge is -2.11. The highest BCUT2D eigenvalue weighted by Gasteiger charge is 2.11. The topological polar surface area (TPSA) is 103 Å². The van der Waals surface area contributed by atoms with Crippen LogP contribution in [0.1, 0.15) is 27.0 Å². The van der Waals surface area contributed by atoms with Crippen LogP contribution in [0.15, 0.2) is 71.8 Å². The van der Waals surface area contributed by atoms with Crippen LogP contribution >= 0.6 is 0 Å². The Kier molecular flexibility index (Phi) is 6.95. The van der Waals surface area contributed by atoms with Crippen LogP contribution in [0.3, 0.4) is 0 Å². The summed E-state index contributed by atoms with van der Waals surface area (Å²) in [6, 6.07) is 18.8. The van der Waals surface area contributed by atoms with E-state index in [4.69, 9.17) is 9.47 Å². The molecule has 1 N–H and O–H groups in total. The number of hydrogen-bond donors (Lipinski definition) is 1. The molecule has 0 spiro atoms. The van der Waals surface area contributed by atoms with Gasteiger partial charge in [-0.3, -0.25) is 14.9 Å². The van der Waals surface area contributed by atoms with Gasteiger partial charge in [-0.2, -0.15) is 5.10 Å². The third-order valence-electron chi connectivity index (χ3n) is 4.48. The first kappa shape index (κ1) is 21.5. The number of carbonyl (C=O) groups excluding carboxylic acids is 1. The number of rotatable bonds is 8. The zero-order valence-electron chi connectivity index (χ0n) is 17.1. The normalized spacial score (nSPS) is 10.6. The van der Waals surface area contributed by atoms with E-state index in [-0.39, 0.29) is 18.2 Å². The van der Waals surface area contributed by atoms with Crippen LogP contribution in [0.2, 0.25) is 0 Å². The predicted molar refractivity (Wildman–Crippen MR) is 117 cm³/mol. The molecule has 0 atom stereocenters. The molecule has 0 bridgehead atoms. The standard InChI is InChI=1S/C23H21N3O5/c1-16-12-20(9-10-21(16)26(28)29)31-15-19-13-17(8-11-22(19)30-2)14-24-25-23(27)18-6-4-3-5-7-18/h3-14H,15H2,1-2H3,(H,25,27). The van der Waals surface area contributed by atoms with Crippen LogP contribution < -0.4 is 14.9 Å². The molecule has 0 fully saturated rings. The fourth-order valence-corrected chi connectivity index (χ4v) is 2.89. The van der Waals surface area contributed by atoms with Gasteiger partial charge in [0.05, 0.1) is 18.2 Å². The average Bonchev–Trinajstić information content (AvgIpc) is 2.78. The molecule has 0 saturated carbocycles. The number of carbonyl (C=O) groups is 1. The van der Waals surface area contributed by atoms with Crippen LogP contribution in [0.25, 0.3) is 0 Å². The molecular formula is C23H21N3O5. The van der Waals surface area contributed by atoms with E-state index in [1.807, 2.05) is 12.1 Å². The molecule has 8 nitrogen and oxygen atoms in total. The summed E-state index contributed by atoms with van der Waals surface area (Å²) in [6.07, 6.45) is 1.53. The van der Waals surface area contributed by atoms with Gasteiger partial charge in [0.25, 0.3) is 11.6 Å². The molecule has 8 heteroatoms. The molecule has 0 heterocycles. The van der Waals surface area contributed by atoms with Gasteiger partial charge >= 0.3 is 0 Å². The van der Waals surface area contributed by atoms with Crippen molar-refractivity contribution >= 4 is 17.8 Å². The molecule has 3 aromatic rings. The summed E-state index contributed by atoms with van der Waals surface area (Å²) in [5, 5.41) is 15.0. The maximum Gasteiger partial charge on any atom is 0.272 e. The zero-order valence-corrected chi connectivity index (χ0v) is 17.1. The largest absolute Gasteiger partial charge is 0.496 e. The van der Waals surface area contributed by atoms with Gasteiger partial charge in [0, 0.05) is 22.8 Å². The molecular weight excluding hydrogens is 398 g/mol. The van der Waals surface area contributed by atoms with Crippen molar-refractivity contribution in [2.45, 2.75) is 13.5 Å². The fraction of sp³-hybridized carbons (Fsp3) is 0.130. The van der Waals surface area contributed by atoms with E-state index >= 15 is 0 Å². The van der Waals surface area contributed by atoms with Gasteiger partial charge in [-0.05, 0) is 55.0 Å². The lowest BCUT2D eigenvalue weighted by molar-refractivity contribution is -0.385. The number of nitro groups is 1. The number of methoxy groups -OCH3 is 1. The second-order valence-corrected chi connectivity index (χ2v) is 6.63. The van der Waals surface area contributed by atoms with Crippen molar-refractivity contribution in [3.05, 3.63) is 99.1 Å². The Morgan fingerprint density at radius 3 is 2.58 bits per heavy atom. The molecule has 1 amide bonds. The van der Waals surface area contributed by atoms with Gasteiger partial charge in [0.15, 0.2) is 0 Å². The molecule has 0 unspecified atom stereocenters. The van der Waals surface area contributed by atoms with Crippen molar-refractivity contribution in [1.29, 1.82) is 0 Å². The SMILES string of the molecule is COc1ccc(C=NNC(=O)c2ccccc2)cc1COc1ccc([N+](=O)[O-])c(C)c1. The molecule has 0 aliphatic carbocycles. The summed E-state index contributed by atoms with van der Waals surface area (Å²) in [5.74, 6) is 0.839. The molecule has 0 aromatic heterocycles. The summed E-state index contributed by atoms with van der Waals surface area (Å²) in [5.41, 5.74) is 5.07. The van der Waals surface area contributed by atoms with Crippen molar-refractivity contribution in [2.24, 2.45) is 5.10 Å². The van der Waals surface area contributed by atoms with E-state index < -0.39 is 4.92 Å². The van der Waals surface area contributed by atoms with E-state index in [9.17, 15) is 14.9 Å². The van der Waals surface area contributed by atoms with Crippen molar-refractivity contribution < 1.29 is 19.2 Å². The summed E-state index contributed by atoms with van der Waals surface area (Å²) < 4.78 is 11.2. The van der Waals surface area contributed by atoms with E-state index in [1.54, 1.807) is 62.6 Å². The highest BCUT2D eigenvalue weighted by atomic mass is 16.6. The smallest absolute Gasteiger partial charge is 0.272 e. The van der Waals surface area contributed by atoms with E-state index in [2.05, 4.69) is 10.5 Å². The number of nitrogens with one attached hydrogen (secondary N) is 1. The number of hydrazone groups is 1. The Balaban J connectivity index is 1.68. The lowest BCUT2D eigenvalue weighted by atomic mass is 10.1. The predicted octanol–water partition coefficient (Wildman–Crippen LogP) is 4.25. The highest BCUT2D eigenvalue weighted by molar-refractivity contribution is 5.94. The first-order valence-electron chi connectivity index (χ1n) is 9.41. The number of benzene rings is 3. The monoisotopic (exact) mass is 419 g/mol. The number of nitro benzene ring substituents is 1. The van der Waals surface area contributed by atoms with Gasteiger partial charge < -0.3 is 9.47 Å². The summed E-state index contributed by atoms with van der Waals surface area (Å²) in [4.78, 5) is 22.6. The Bertz CT molecular complexity index is 1110. The van der Waals surface area contributed by atoms with Crippen molar-refractivity contribution in [3.63, 3.8) is 0 Å². The van der Waals surface area contributed by atoms with E-state index in [0.717, 1.165) is 11.1 Å². The fourth-order valence-electron chi connectivity index (χ4n) is 2.89. The summed E-state index contributed by atoms with van der Waals surface area (Å²) in [7, 11) is 1.56. The van der Waals surface area contributed by atoms with Crippen LogP contribution in [0, 0.1) is 17.0 Å². The quantitative estimate of drug-likeness (QED) is 0.334. The summed E-state index contributed by atoms with van der Waals surface area (Å²) in [6.45, 7) is 1.85. The van der Waals surface area contributed by atoms with Crippen molar-refractivity contribution in [1.82, 2.24) is 5.43 Å². The molecule has 31 heavy (non-hydrogen) atoms. The van der Waals surface area contributed by atoms with Crippen molar-refractivity contribution in [2.75, 3.05) is 7.11 Å². The number of ether oxygens (including phenoxy) is 2.